The maximum absolute atomic E-state index is 13.4. The fourth-order valence-corrected chi connectivity index (χ4v) is 6.65. The number of hydrogen-bond acceptors (Lipinski definition) is 7. The molecule has 2 N–H and O–H groups in total. The number of halogens is 1. The fraction of sp³-hybridized carbons (Fsp3) is 0.478. The lowest BCUT2D eigenvalue weighted by Gasteiger charge is -2.40. The highest BCUT2D eigenvalue weighted by atomic mass is 35.5. The van der Waals surface area contributed by atoms with Crippen molar-refractivity contribution in [2.45, 2.75) is 43.0 Å². The first kappa shape index (κ1) is 26.4. The summed E-state index contributed by atoms with van der Waals surface area (Å²) in [5, 5.41) is 9.19. The molecule has 3 heterocycles. The summed E-state index contributed by atoms with van der Waals surface area (Å²) in [6.45, 7) is 1.37. The number of pyridine rings is 1. The highest BCUT2D eigenvalue weighted by Gasteiger charge is 2.54. The first-order valence-electron chi connectivity index (χ1n) is 11.1. The van der Waals surface area contributed by atoms with Crippen LogP contribution in [0.1, 0.15) is 42.9 Å². The molecule has 2 aliphatic heterocycles. The van der Waals surface area contributed by atoms with Gasteiger partial charge in [-0.15, -0.1) is 12.4 Å². The van der Waals surface area contributed by atoms with Gasteiger partial charge in [-0.25, -0.2) is 18.2 Å². The van der Waals surface area contributed by atoms with Gasteiger partial charge in [0.1, 0.15) is 12.4 Å². The van der Waals surface area contributed by atoms with Gasteiger partial charge in [0.25, 0.3) is 5.91 Å². The highest BCUT2D eigenvalue weighted by Crippen LogP contribution is 2.36. The number of aromatic nitrogens is 1. The standard InChI is InChI=1S/C23H29N3O6S.ClH/c27-22(25-28)23(10-14-31-15-11-23)33(29,30)26-12-8-19(9-13-26)21-7-6-20(16-24-21)32-17-18-4-2-1-3-5-18;/h1-7,16,19,28H,8-15,17H2,(H,25,27);1H. The molecule has 9 nitrogen and oxygen atoms in total. The van der Waals surface area contributed by atoms with Crippen molar-refractivity contribution >= 4 is 28.3 Å². The molecular weight excluding hydrogens is 482 g/mol. The Balaban J connectivity index is 0.00000324. The number of hydroxylamine groups is 1. The van der Waals surface area contributed by atoms with E-state index in [1.54, 1.807) is 11.7 Å². The van der Waals surface area contributed by atoms with Crippen molar-refractivity contribution in [3.05, 3.63) is 59.9 Å². The van der Waals surface area contributed by atoms with Gasteiger partial charge in [-0.05, 0) is 30.5 Å². The van der Waals surface area contributed by atoms with Crippen LogP contribution in [0.2, 0.25) is 0 Å². The molecule has 0 unspecified atom stereocenters. The average Bonchev–Trinajstić information content (AvgIpc) is 2.88. The minimum atomic E-state index is -3.96. The van der Waals surface area contributed by atoms with Gasteiger partial charge in [0, 0.05) is 50.8 Å². The zero-order valence-corrected chi connectivity index (χ0v) is 20.4. The SMILES string of the molecule is Cl.O=C(NO)C1(S(=O)(=O)N2CCC(c3ccc(OCc4ccccc4)cn3)CC2)CCOCC1. The van der Waals surface area contributed by atoms with Gasteiger partial charge in [-0.2, -0.15) is 0 Å². The highest BCUT2D eigenvalue weighted by molar-refractivity contribution is 7.91. The lowest BCUT2D eigenvalue weighted by Crippen LogP contribution is -2.60. The van der Waals surface area contributed by atoms with Crippen LogP contribution in [0.4, 0.5) is 0 Å². The maximum Gasteiger partial charge on any atom is 0.266 e. The molecule has 2 saturated heterocycles. The summed E-state index contributed by atoms with van der Waals surface area (Å²) in [7, 11) is -3.96. The monoisotopic (exact) mass is 511 g/mol. The van der Waals surface area contributed by atoms with Crippen LogP contribution < -0.4 is 10.2 Å². The van der Waals surface area contributed by atoms with Gasteiger partial charge in [0.2, 0.25) is 10.0 Å². The lowest BCUT2D eigenvalue weighted by molar-refractivity contribution is -0.134. The van der Waals surface area contributed by atoms with Gasteiger partial charge in [0.15, 0.2) is 4.75 Å². The van der Waals surface area contributed by atoms with Crippen molar-refractivity contribution in [1.82, 2.24) is 14.8 Å². The molecule has 4 rings (SSSR count). The summed E-state index contributed by atoms with van der Waals surface area (Å²) in [5.41, 5.74) is 3.53. The molecule has 1 aromatic carbocycles. The number of rotatable bonds is 7. The van der Waals surface area contributed by atoms with E-state index in [1.165, 1.54) is 4.31 Å². The normalized spacial score (nSPS) is 19.1. The number of piperidine rings is 1. The van der Waals surface area contributed by atoms with E-state index in [2.05, 4.69) is 4.98 Å². The van der Waals surface area contributed by atoms with E-state index < -0.39 is 20.7 Å². The van der Waals surface area contributed by atoms with Crippen LogP contribution >= 0.6 is 12.4 Å². The minimum absolute atomic E-state index is 0. The molecule has 11 heteroatoms. The Morgan fingerprint density at radius 1 is 1.15 bits per heavy atom. The van der Waals surface area contributed by atoms with Gasteiger partial charge in [-0.3, -0.25) is 15.0 Å². The molecule has 0 spiro atoms. The molecule has 2 fully saturated rings. The van der Waals surface area contributed by atoms with Crippen molar-refractivity contribution < 1.29 is 27.9 Å². The number of carbonyl (C=O) groups excluding carboxylic acids is 1. The van der Waals surface area contributed by atoms with E-state index in [0.717, 1.165) is 11.3 Å². The van der Waals surface area contributed by atoms with Crippen LogP contribution in [-0.4, -0.2) is 59.9 Å². The third-order valence-electron chi connectivity index (χ3n) is 6.53. The minimum Gasteiger partial charge on any atom is -0.487 e. The van der Waals surface area contributed by atoms with Crippen molar-refractivity contribution in [1.29, 1.82) is 0 Å². The first-order chi connectivity index (χ1) is 16.0. The number of ether oxygens (including phenoxy) is 2. The van der Waals surface area contributed by atoms with Crippen molar-refractivity contribution in [2.24, 2.45) is 0 Å². The summed E-state index contributed by atoms with van der Waals surface area (Å²) < 4.78 is 37.6. The number of nitrogens with zero attached hydrogens (tertiary/aromatic N) is 2. The number of benzene rings is 1. The summed E-state index contributed by atoms with van der Waals surface area (Å²) in [4.78, 5) is 16.9. The van der Waals surface area contributed by atoms with Gasteiger partial charge >= 0.3 is 0 Å². The van der Waals surface area contributed by atoms with Crippen LogP contribution in [0, 0.1) is 0 Å². The summed E-state index contributed by atoms with van der Waals surface area (Å²) >= 11 is 0. The second kappa shape index (κ2) is 11.5. The van der Waals surface area contributed by atoms with Gasteiger partial charge in [-0.1, -0.05) is 30.3 Å². The van der Waals surface area contributed by atoms with E-state index in [1.807, 2.05) is 42.5 Å². The van der Waals surface area contributed by atoms with E-state index in [0.29, 0.717) is 38.3 Å². The van der Waals surface area contributed by atoms with Crippen LogP contribution in [0.25, 0.3) is 0 Å². The van der Waals surface area contributed by atoms with Crippen LogP contribution in [-0.2, 0) is 26.2 Å². The average molecular weight is 512 g/mol. The summed E-state index contributed by atoms with van der Waals surface area (Å²) in [6, 6.07) is 13.7. The van der Waals surface area contributed by atoms with E-state index in [-0.39, 0.29) is 44.4 Å². The number of sulfonamides is 1. The molecular formula is C23H30ClN3O6S. The zero-order valence-electron chi connectivity index (χ0n) is 18.8. The predicted molar refractivity (Wildman–Crippen MR) is 127 cm³/mol. The summed E-state index contributed by atoms with van der Waals surface area (Å²) in [5.74, 6) is -0.0864. The van der Waals surface area contributed by atoms with Crippen LogP contribution in [0.3, 0.4) is 0 Å². The van der Waals surface area contributed by atoms with E-state index in [9.17, 15) is 18.4 Å². The Kier molecular flexibility index (Phi) is 8.89. The molecule has 186 valence electrons. The Morgan fingerprint density at radius 2 is 1.82 bits per heavy atom. The Bertz CT molecular complexity index is 1040. The number of hydrogen-bond donors (Lipinski definition) is 2. The van der Waals surface area contributed by atoms with Crippen molar-refractivity contribution in [2.75, 3.05) is 26.3 Å². The van der Waals surface area contributed by atoms with Crippen LogP contribution in [0.5, 0.6) is 5.75 Å². The quantitative estimate of drug-likeness (QED) is 0.433. The van der Waals surface area contributed by atoms with Crippen LogP contribution in [0.15, 0.2) is 48.7 Å². The summed E-state index contributed by atoms with van der Waals surface area (Å²) in [6.07, 6.45) is 2.94. The molecule has 0 bridgehead atoms. The van der Waals surface area contributed by atoms with E-state index >= 15 is 0 Å². The maximum atomic E-state index is 13.4. The van der Waals surface area contributed by atoms with Gasteiger partial charge in [0.05, 0.1) is 6.20 Å². The largest absolute Gasteiger partial charge is 0.487 e. The molecule has 1 amide bonds. The number of carbonyl (C=O) groups is 1. The molecule has 0 atom stereocenters. The molecule has 0 saturated carbocycles. The zero-order chi connectivity index (χ0) is 23.3. The smallest absolute Gasteiger partial charge is 0.266 e. The number of amides is 1. The molecule has 1 aromatic heterocycles. The molecule has 2 aliphatic rings. The molecule has 2 aromatic rings. The first-order valence-corrected chi connectivity index (χ1v) is 12.5. The third kappa shape index (κ3) is 5.36. The lowest BCUT2D eigenvalue weighted by atomic mass is 9.94. The molecule has 0 aliphatic carbocycles. The fourth-order valence-electron chi connectivity index (χ4n) is 4.50. The van der Waals surface area contributed by atoms with Gasteiger partial charge < -0.3 is 9.47 Å². The predicted octanol–water partition coefficient (Wildman–Crippen LogP) is 2.65. The second-order valence-corrected chi connectivity index (χ2v) is 10.7. The Hall–Kier alpha value is -2.24. The van der Waals surface area contributed by atoms with E-state index in [4.69, 9.17) is 9.47 Å². The topological polar surface area (TPSA) is 118 Å². The number of nitrogens with one attached hydrogen (secondary N) is 1. The van der Waals surface area contributed by atoms with Crippen molar-refractivity contribution in [3.63, 3.8) is 0 Å². The Labute approximate surface area is 205 Å². The Morgan fingerprint density at radius 3 is 2.41 bits per heavy atom. The third-order valence-corrected chi connectivity index (χ3v) is 9.16. The van der Waals surface area contributed by atoms with Crippen molar-refractivity contribution in [3.8, 4) is 5.75 Å². The second-order valence-electron chi connectivity index (χ2n) is 8.42. The molecule has 34 heavy (non-hydrogen) atoms. The molecule has 0 radical (unpaired) electrons.